The Hall–Kier alpha value is -2.31. The number of rotatable bonds is 5. The van der Waals surface area contributed by atoms with E-state index in [0.29, 0.717) is 24.5 Å². The molecule has 0 aliphatic heterocycles. The third-order valence-electron chi connectivity index (χ3n) is 2.37. The summed E-state index contributed by atoms with van der Waals surface area (Å²) >= 11 is 0. The summed E-state index contributed by atoms with van der Waals surface area (Å²) in [5, 5.41) is 8.24. The first-order valence-corrected chi connectivity index (χ1v) is 5.91. The average molecular weight is 265 g/mol. The van der Waals surface area contributed by atoms with Gasteiger partial charge in [-0.15, -0.1) is 0 Å². The number of amides is 3. The van der Waals surface area contributed by atoms with Gasteiger partial charge in [-0.25, -0.2) is 9.78 Å². The van der Waals surface area contributed by atoms with Crippen LogP contribution in [0, 0.1) is 0 Å². The number of carbonyl (C=O) groups excluding carboxylic acids is 2. The molecule has 0 aromatic carbocycles. The van der Waals surface area contributed by atoms with Crippen LogP contribution >= 0.6 is 0 Å². The average Bonchev–Trinajstić information content (AvgIpc) is 2.42. The fourth-order valence-corrected chi connectivity index (χ4v) is 1.31. The lowest BCUT2D eigenvalue weighted by atomic mass is 10.2. The highest BCUT2D eigenvalue weighted by Gasteiger charge is 2.06. The third-order valence-corrected chi connectivity index (χ3v) is 2.37. The van der Waals surface area contributed by atoms with Gasteiger partial charge in [-0.05, 0) is 12.1 Å². The number of hydrogen-bond donors (Lipinski definition) is 3. The zero-order valence-corrected chi connectivity index (χ0v) is 11.4. The standard InChI is InChI=1S/C12H19N5O2/c1-13-10-8-9(4-5-14-10)11(18)15-6-7-16-12(19)17(2)3/h4-5,8H,6-7H2,1-3H3,(H,13,14)(H,15,18)(H,16,19). The summed E-state index contributed by atoms with van der Waals surface area (Å²) in [5.41, 5.74) is 0.526. The molecular weight excluding hydrogens is 246 g/mol. The fourth-order valence-electron chi connectivity index (χ4n) is 1.31. The van der Waals surface area contributed by atoms with Gasteiger partial charge in [0.25, 0.3) is 5.91 Å². The Labute approximate surface area is 112 Å². The lowest BCUT2D eigenvalue weighted by Gasteiger charge is -2.12. The lowest BCUT2D eigenvalue weighted by molar-refractivity contribution is 0.0953. The molecule has 0 atom stereocenters. The second-order valence-electron chi connectivity index (χ2n) is 4.06. The first-order chi connectivity index (χ1) is 9.04. The Morgan fingerprint density at radius 2 is 1.95 bits per heavy atom. The van der Waals surface area contributed by atoms with Crippen LogP contribution in [0.1, 0.15) is 10.4 Å². The smallest absolute Gasteiger partial charge is 0.316 e. The van der Waals surface area contributed by atoms with Crippen molar-refractivity contribution in [2.45, 2.75) is 0 Å². The number of carbonyl (C=O) groups is 2. The zero-order valence-electron chi connectivity index (χ0n) is 11.4. The minimum Gasteiger partial charge on any atom is -0.373 e. The van der Waals surface area contributed by atoms with Gasteiger partial charge < -0.3 is 20.9 Å². The van der Waals surface area contributed by atoms with E-state index in [9.17, 15) is 9.59 Å². The number of hydrogen-bond acceptors (Lipinski definition) is 4. The summed E-state index contributed by atoms with van der Waals surface area (Å²) in [4.78, 5) is 28.5. The maximum Gasteiger partial charge on any atom is 0.316 e. The van der Waals surface area contributed by atoms with Crippen molar-refractivity contribution in [3.63, 3.8) is 0 Å². The lowest BCUT2D eigenvalue weighted by Crippen LogP contribution is -2.39. The first-order valence-electron chi connectivity index (χ1n) is 5.91. The second kappa shape index (κ2) is 7.20. The monoisotopic (exact) mass is 265 g/mol. The van der Waals surface area contributed by atoms with Gasteiger partial charge >= 0.3 is 6.03 Å². The van der Waals surface area contributed by atoms with E-state index in [1.54, 1.807) is 39.5 Å². The van der Waals surface area contributed by atoms with Crippen LogP contribution in [0.4, 0.5) is 10.6 Å². The van der Waals surface area contributed by atoms with E-state index in [1.807, 2.05) is 0 Å². The van der Waals surface area contributed by atoms with E-state index >= 15 is 0 Å². The quantitative estimate of drug-likeness (QED) is 0.660. The van der Waals surface area contributed by atoms with Gasteiger partial charge in [-0.3, -0.25) is 4.79 Å². The van der Waals surface area contributed by atoms with Gasteiger partial charge in [0.15, 0.2) is 0 Å². The highest BCUT2D eigenvalue weighted by atomic mass is 16.2. The molecule has 0 fully saturated rings. The molecule has 0 bridgehead atoms. The van der Waals surface area contributed by atoms with Crippen LogP contribution in [0.25, 0.3) is 0 Å². The van der Waals surface area contributed by atoms with Crippen LogP contribution < -0.4 is 16.0 Å². The molecule has 3 N–H and O–H groups in total. The van der Waals surface area contributed by atoms with Crippen LogP contribution in [0.15, 0.2) is 18.3 Å². The predicted octanol–water partition coefficient (Wildman–Crippen LogP) is 0.124. The van der Waals surface area contributed by atoms with Crippen LogP contribution in [-0.2, 0) is 0 Å². The van der Waals surface area contributed by atoms with E-state index in [1.165, 1.54) is 4.90 Å². The molecule has 0 aliphatic carbocycles. The minimum absolute atomic E-state index is 0.185. The molecule has 3 amide bonds. The summed E-state index contributed by atoms with van der Waals surface area (Å²) in [6, 6.07) is 3.11. The van der Waals surface area contributed by atoms with Crippen LogP contribution in [0.3, 0.4) is 0 Å². The van der Waals surface area contributed by atoms with E-state index in [2.05, 4.69) is 20.9 Å². The van der Waals surface area contributed by atoms with Crippen molar-refractivity contribution in [3.8, 4) is 0 Å². The predicted molar refractivity (Wildman–Crippen MR) is 73.2 cm³/mol. The summed E-state index contributed by atoms with van der Waals surface area (Å²) in [6.07, 6.45) is 1.56. The van der Waals surface area contributed by atoms with Gasteiger partial charge in [0.1, 0.15) is 5.82 Å². The summed E-state index contributed by atoms with van der Waals surface area (Å²) in [7, 11) is 5.05. The summed E-state index contributed by atoms with van der Waals surface area (Å²) < 4.78 is 0. The van der Waals surface area contributed by atoms with E-state index in [4.69, 9.17) is 0 Å². The highest BCUT2D eigenvalue weighted by molar-refractivity contribution is 5.94. The molecule has 7 heteroatoms. The Balaban J connectivity index is 2.37. The molecule has 0 spiro atoms. The maximum absolute atomic E-state index is 11.8. The first kappa shape index (κ1) is 14.7. The van der Waals surface area contributed by atoms with Gasteiger partial charge in [-0.2, -0.15) is 0 Å². The number of nitrogens with zero attached hydrogens (tertiary/aromatic N) is 2. The minimum atomic E-state index is -0.196. The van der Waals surface area contributed by atoms with Crippen molar-refractivity contribution < 1.29 is 9.59 Å². The molecule has 0 saturated carbocycles. The van der Waals surface area contributed by atoms with Crippen molar-refractivity contribution in [1.82, 2.24) is 20.5 Å². The summed E-state index contributed by atoms with van der Waals surface area (Å²) in [6.45, 7) is 0.752. The third kappa shape index (κ3) is 4.82. The van der Waals surface area contributed by atoms with Gasteiger partial charge in [-0.1, -0.05) is 0 Å². The number of anilines is 1. The molecule has 0 aliphatic rings. The van der Waals surface area contributed by atoms with Crippen LogP contribution in [0.5, 0.6) is 0 Å². The topological polar surface area (TPSA) is 86.4 Å². The summed E-state index contributed by atoms with van der Waals surface area (Å²) in [5.74, 6) is 0.437. The molecule has 1 aromatic heterocycles. The molecule has 0 unspecified atom stereocenters. The van der Waals surface area contributed by atoms with Crippen molar-refractivity contribution in [3.05, 3.63) is 23.9 Å². The van der Waals surface area contributed by atoms with E-state index < -0.39 is 0 Å². The number of pyridine rings is 1. The Morgan fingerprint density at radius 1 is 1.26 bits per heavy atom. The highest BCUT2D eigenvalue weighted by Crippen LogP contribution is 2.05. The molecule has 7 nitrogen and oxygen atoms in total. The molecular formula is C12H19N5O2. The van der Waals surface area contributed by atoms with Crippen molar-refractivity contribution in [2.75, 3.05) is 39.5 Å². The number of nitrogens with one attached hydrogen (secondary N) is 3. The van der Waals surface area contributed by atoms with E-state index in [-0.39, 0.29) is 11.9 Å². The van der Waals surface area contributed by atoms with Gasteiger partial charge in [0.05, 0.1) is 0 Å². The molecule has 1 heterocycles. The molecule has 104 valence electrons. The van der Waals surface area contributed by atoms with Gasteiger partial charge in [0.2, 0.25) is 0 Å². The molecule has 1 aromatic rings. The molecule has 19 heavy (non-hydrogen) atoms. The Kier molecular flexibility index (Phi) is 5.59. The van der Waals surface area contributed by atoms with Crippen molar-refractivity contribution in [1.29, 1.82) is 0 Å². The molecule has 1 rings (SSSR count). The number of urea groups is 1. The second-order valence-corrected chi connectivity index (χ2v) is 4.06. The van der Waals surface area contributed by atoms with Crippen molar-refractivity contribution in [2.24, 2.45) is 0 Å². The van der Waals surface area contributed by atoms with Crippen molar-refractivity contribution >= 4 is 17.8 Å². The SMILES string of the molecule is CNc1cc(C(=O)NCCNC(=O)N(C)C)ccn1. The Morgan fingerprint density at radius 3 is 2.58 bits per heavy atom. The van der Waals surface area contributed by atoms with Crippen LogP contribution in [-0.4, -0.2) is 56.1 Å². The van der Waals surface area contributed by atoms with Crippen LogP contribution in [0.2, 0.25) is 0 Å². The number of aromatic nitrogens is 1. The zero-order chi connectivity index (χ0) is 14.3. The van der Waals surface area contributed by atoms with Gasteiger partial charge in [0, 0.05) is 46.0 Å². The molecule has 0 saturated heterocycles. The largest absolute Gasteiger partial charge is 0.373 e. The fraction of sp³-hybridized carbons (Fsp3) is 0.417. The normalized spacial score (nSPS) is 9.63. The Bertz CT molecular complexity index is 448. The van der Waals surface area contributed by atoms with E-state index in [0.717, 1.165) is 0 Å². The maximum atomic E-state index is 11.8. The molecule has 0 radical (unpaired) electrons.